The highest BCUT2D eigenvalue weighted by Gasteiger charge is 2.08. The van der Waals surface area contributed by atoms with E-state index >= 15 is 0 Å². The van der Waals surface area contributed by atoms with E-state index in [0.29, 0.717) is 18.9 Å². The maximum absolute atomic E-state index is 10.2. The van der Waals surface area contributed by atoms with Crippen molar-refractivity contribution in [3.63, 3.8) is 0 Å². The fourth-order valence-corrected chi connectivity index (χ4v) is 2.61. The van der Waals surface area contributed by atoms with Gasteiger partial charge in [0.2, 0.25) is 0 Å². The first-order valence-corrected chi connectivity index (χ1v) is 7.91. The van der Waals surface area contributed by atoms with Crippen LogP contribution in [0.15, 0.2) is 40.9 Å². The molecule has 0 saturated carbocycles. The average molecular weight is 350 g/mol. The van der Waals surface area contributed by atoms with Crippen LogP contribution >= 0.6 is 15.9 Å². The number of aryl methyl sites for hydroxylation is 1. The number of para-hydroxylation sites is 1. The number of rotatable bonds is 6. The number of benzene rings is 2. The standard InChI is InChI=1S/C17H20BrNO2/c1-3-12-10-14(18)8-9-15(12)19-11-13-6-5-7-16(17(13)20)21-4-2/h5-10,19-20H,3-4,11H2,1-2H3. The second-order valence-corrected chi connectivity index (χ2v) is 5.62. The molecule has 0 atom stereocenters. The predicted molar refractivity (Wildman–Crippen MR) is 90.1 cm³/mol. The number of halogens is 1. The van der Waals surface area contributed by atoms with Crippen LogP contribution in [-0.2, 0) is 13.0 Å². The Bertz CT molecular complexity index is 614. The molecule has 21 heavy (non-hydrogen) atoms. The highest BCUT2D eigenvalue weighted by Crippen LogP contribution is 2.31. The van der Waals surface area contributed by atoms with Crippen molar-refractivity contribution in [3.8, 4) is 11.5 Å². The molecule has 3 nitrogen and oxygen atoms in total. The number of hydrogen-bond acceptors (Lipinski definition) is 3. The van der Waals surface area contributed by atoms with Crippen LogP contribution in [0.4, 0.5) is 5.69 Å². The summed E-state index contributed by atoms with van der Waals surface area (Å²) in [5.41, 5.74) is 3.15. The lowest BCUT2D eigenvalue weighted by Gasteiger charge is -2.14. The Hall–Kier alpha value is -1.68. The third kappa shape index (κ3) is 3.91. The minimum Gasteiger partial charge on any atom is -0.504 e. The zero-order chi connectivity index (χ0) is 15.2. The van der Waals surface area contributed by atoms with Crippen LogP contribution in [0.25, 0.3) is 0 Å². The molecule has 0 aliphatic heterocycles. The molecule has 0 unspecified atom stereocenters. The summed E-state index contributed by atoms with van der Waals surface area (Å²) in [6.07, 6.45) is 0.951. The Morgan fingerprint density at radius 1 is 1.14 bits per heavy atom. The van der Waals surface area contributed by atoms with E-state index in [-0.39, 0.29) is 5.75 Å². The molecule has 4 heteroatoms. The summed E-state index contributed by atoms with van der Waals surface area (Å²) >= 11 is 3.49. The number of hydrogen-bond donors (Lipinski definition) is 2. The van der Waals surface area contributed by atoms with E-state index in [1.165, 1.54) is 5.56 Å². The smallest absolute Gasteiger partial charge is 0.162 e. The topological polar surface area (TPSA) is 41.5 Å². The minimum atomic E-state index is 0.210. The Kier molecular flexibility index (Phi) is 5.51. The lowest BCUT2D eigenvalue weighted by Crippen LogP contribution is -2.03. The normalized spacial score (nSPS) is 10.4. The summed E-state index contributed by atoms with van der Waals surface area (Å²) in [5, 5.41) is 13.6. The first-order valence-electron chi connectivity index (χ1n) is 7.11. The number of nitrogens with one attached hydrogen (secondary N) is 1. The van der Waals surface area contributed by atoms with Gasteiger partial charge in [0.15, 0.2) is 11.5 Å². The second kappa shape index (κ2) is 7.36. The number of phenols is 1. The average Bonchev–Trinajstić information content (AvgIpc) is 2.49. The molecule has 2 aromatic rings. The van der Waals surface area contributed by atoms with Gasteiger partial charge in [-0.2, -0.15) is 0 Å². The van der Waals surface area contributed by atoms with Crippen LogP contribution in [0.5, 0.6) is 11.5 Å². The fourth-order valence-electron chi connectivity index (χ4n) is 2.20. The van der Waals surface area contributed by atoms with Crippen molar-refractivity contribution in [2.24, 2.45) is 0 Å². The van der Waals surface area contributed by atoms with Gasteiger partial charge in [0.25, 0.3) is 0 Å². The van der Waals surface area contributed by atoms with Gasteiger partial charge < -0.3 is 15.2 Å². The van der Waals surface area contributed by atoms with Gasteiger partial charge in [0.1, 0.15) is 0 Å². The second-order valence-electron chi connectivity index (χ2n) is 4.71. The van der Waals surface area contributed by atoms with E-state index in [1.807, 2.05) is 31.2 Å². The zero-order valence-corrected chi connectivity index (χ0v) is 13.9. The van der Waals surface area contributed by atoms with Gasteiger partial charge in [-0.05, 0) is 43.2 Å². The molecule has 0 aliphatic carbocycles. The molecule has 112 valence electrons. The summed E-state index contributed by atoms with van der Waals surface area (Å²) < 4.78 is 6.48. The van der Waals surface area contributed by atoms with Crippen molar-refractivity contribution < 1.29 is 9.84 Å². The highest BCUT2D eigenvalue weighted by atomic mass is 79.9. The van der Waals surface area contributed by atoms with Gasteiger partial charge in [0, 0.05) is 22.3 Å². The third-order valence-electron chi connectivity index (χ3n) is 3.30. The molecule has 0 aliphatic rings. The SMILES string of the molecule is CCOc1cccc(CNc2ccc(Br)cc2CC)c1O. The lowest BCUT2D eigenvalue weighted by atomic mass is 10.1. The van der Waals surface area contributed by atoms with Crippen LogP contribution in [0.3, 0.4) is 0 Å². The Morgan fingerprint density at radius 2 is 1.95 bits per heavy atom. The van der Waals surface area contributed by atoms with Crippen LogP contribution in [0, 0.1) is 0 Å². The summed E-state index contributed by atoms with van der Waals surface area (Å²) in [4.78, 5) is 0. The van der Waals surface area contributed by atoms with Crippen LogP contribution < -0.4 is 10.1 Å². The lowest BCUT2D eigenvalue weighted by molar-refractivity contribution is 0.317. The molecular weight excluding hydrogens is 330 g/mol. The summed E-state index contributed by atoms with van der Waals surface area (Å²) in [6, 6.07) is 11.7. The van der Waals surface area contributed by atoms with Crippen LogP contribution in [0.2, 0.25) is 0 Å². The van der Waals surface area contributed by atoms with E-state index in [2.05, 4.69) is 34.2 Å². The van der Waals surface area contributed by atoms with Crippen molar-refractivity contribution in [3.05, 3.63) is 52.0 Å². The highest BCUT2D eigenvalue weighted by molar-refractivity contribution is 9.10. The molecule has 0 aromatic heterocycles. The first kappa shape index (κ1) is 15.7. The van der Waals surface area contributed by atoms with Crippen LogP contribution in [-0.4, -0.2) is 11.7 Å². The zero-order valence-electron chi connectivity index (χ0n) is 12.3. The molecule has 0 spiro atoms. The molecule has 0 saturated heterocycles. The van der Waals surface area contributed by atoms with Gasteiger partial charge in [-0.3, -0.25) is 0 Å². The van der Waals surface area contributed by atoms with Gasteiger partial charge in [-0.1, -0.05) is 35.0 Å². The number of ether oxygens (including phenoxy) is 1. The van der Waals surface area contributed by atoms with E-state index in [4.69, 9.17) is 4.74 Å². The molecule has 0 bridgehead atoms. The van der Waals surface area contributed by atoms with E-state index < -0.39 is 0 Å². The molecule has 0 amide bonds. The molecule has 0 heterocycles. The molecule has 2 aromatic carbocycles. The number of phenolic OH excluding ortho intramolecular Hbond substituents is 1. The molecule has 2 N–H and O–H groups in total. The fraction of sp³-hybridized carbons (Fsp3) is 0.294. The monoisotopic (exact) mass is 349 g/mol. The van der Waals surface area contributed by atoms with Crippen molar-refractivity contribution in [2.75, 3.05) is 11.9 Å². The van der Waals surface area contributed by atoms with Crippen molar-refractivity contribution in [2.45, 2.75) is 26.8 Å². The first-order chi connectivity index (χ1) is 10.2. The van der Waals surface area contributed by atoms with Crippen molar-refractivity contribution in [1.82, 2.24) is 0 Å². The molecule has 2 rings (SSSR count). The van der Waals surface area contributed by atoms with E-state index in [9.17, 15) is 5.11 Å². The summed E-state index contributed by atoms with van der Waals surface area (Å²) in [6.45, 7) is 5.12. The summed E-state index contributed by atoms with van der Waals surface area (Å²) in [5.74, 6) is 0.741. The number of anilines is 1. The Morgan fingerprint density at radius 3 is 2.67 bits per heavy atom. The molecule has 0 fully saturated rings. The van der Waals surface area contributed by atoms with Crippen LogP contribution in [0.1, 0.15) is 25.0 Å². The number of aromatic hydroxyl groups is 1. The Labute approximate surface area is 134 Å². The van der Waals surface area contributed by atoms with Gasteiger partial charge in [0.05, 0.1) is 6.61 Å². The van der Waals surface area contributed by atoms with Gasteiger partial charge in [-0.15, -0.1) is 0 Å². The van der Waals surface area contributed by atoms with E-state index in [0.717, 1.165) is 22.1 Å². The quantitative estimate of drug-likeness (QED) is 0.792. The minimum absolute atomic E-state index is 0.210. The van der Waals surface area contributed by atoms with Crippen molar-refractivity contribution in [1.29, 1.82) is 0 Å². The maximum Gasteiger partial charge on any atom is 0.162 e. The molecule has 0 radical (unpaired) electrons. The Balaban J connectivity index is 2.15. The summed E-state index contributed by atoms with van der Waals surface area (Å²) in [7, 11) is 0. The van der Waals surface area contributed by atoms with Crippen molar-refractivity contribution >= 4 is 21.6 Å². The maximum atomic E-state index is 10.2. The largest absolute Gasteiger partial charge is 0.504 e. The van der Waals surface area contributed by atoms with Gasteiger partial charge in [-0.25, -0.2) is 0 Å². The predicted octanol–water partition coefficient (Wildman–Crippen LogP) is 4.73. The van der Waals surface area contributed by atoms with Gasteiger partial charge >= 0.3 is 0 Å². The molecular formula is C17H20BrNO2. The van der Waals surface area contributed by atoms with E-state index in [1.54, 1.807) is 6.07 Å². The third-order valence-corrected chi connectivity index (χ3v) is 3.79.